The lowest BCUT2D eigenvalue weighted by atomic mass is 10.1. The van der Waals surface area contributed by atoms with Crippen molar-refractivity contribution in [3.05, 3.63) is 53.7 Å². The standard InChI is InChI=1S/C22H31N5O2/c1-23-22(25-15-17-9-10-24-21(13-17)29-3)26-16-20(27-11-4-5-12-27)18-7-6-8-19(14-18)28-2/h6-10,13-14,20H,4-5,11-12,15-16H2,1-3H3,(H2,23,25,26). The number of benzene rings is 1. The summed E-state index contributed by atoms with van der Waals surface area (Å²) in [5.74, 6) is 2.27. The number of hydrogen-bond acceptors (Lipinski definition) is 5. The number of guanidine groups is 1. The van der Waals surface area contributed by atoms with E-state index in [0.29, 0.717) is 12.4 Å². The molecule has 2 N–H and O–H groups in total. The molecule has 1 aliphatic heterocycles. The van der Waals surface area contributed by atoms with Gasteiger partial charge in [0.15, 0.2) is 5.96 Å². The van der Waals surface area contributed by atoms with Gasteiger partial charge >= 0.3 is 0 Å². The van der Waals surface area contributed by atoms with Crippen molar-refractivity contribution in [3.8, 4) is 11.6 Å². The van der Waals surface area contributed by atoms with Crippen LogP contribution in [0.15, 0.2) is 47.6 Å². The van der Waals surface area contributed by atoms with Crippen LogP contribution in [0.3, 0.4) is 0 Å². The molecule has 7 heteroatoms. The molecule has 2 aromatic rings. The Morgan fingerprint density at radius 1 is 1.14 bits per heavy atom. The van der Waals surface area contributed by atoms with Crippen molar-refractivity contribution in [2.24, 2.45) is 4.99 Å². The molecule has 29 heavy (non-hydrogen) atoms. The number of rotatable bonds is 8. The number of ether oxygens (including phenoxy) is 2. The van der Waals surface area contributed by atoms with Gasteiger partial charge in [0.2, 0.25) is 5.88 Å². The smallest absolute Gasteiger partial charge is 0.213 e. The molecule has 0 aliphatic carbocycles. The van der Waals surface area contributed by atoms with E-state index in [1.165, 1.54) is 18.4 Å². The minimum Gasteiger partial charge on any atom is -0.497 e. The number of aliphatic imine (C=N–C) groups is 1. The van der Waals surface area contributed by atoms with Gasteiger partial charge in [-0.15, -0.1) is 0 Å². The first kappa shape index (κ1) is 20.9. The van der Waals surface area contributed by atoms with E-state index in [9.17, 15) is 0 Å². The molecule has 1 aromatic carbocycles. The summed E-state index contributed by atoms with van der Waals surface area (Å²) >= 11 is 0. The van der Waals surface area contributed by atoms with Gasteiger partial charge in [-0.05, 0) is 55.3 Å². The molecule has 0 saturated carbocycles. The number of nitrogens with zero attached hydrogens (tertiary/aromatic N) is 3. The van der Waals surface area contributed by atoms with Gasteiger partial charge in [0.1, 0.15) is 5.75 Å². The quantitative estimate of drug-likeness (QED) is 0.527. The number of likely N-dealkylation sites (tertiary alicyclic amines) is 1. The Morgan fingerprint density at radius 3 is 2.69 bits per heavy atom. The van der Waals surface area contributed by atoms with Gasteiger partial charge in [-0.2, -0.15) is 0 Å². The fourth-order valence-electron chi connectivity index (χ4n) is 3.63. The third-order valence-electron chi connectivity index (χ3n) is 5.21. The number of aromatic nitrogens is 1. The van der Waals surface area contributed by atoms with Crippen LogP contribution in [0, 0.1) is 0 Å². The molecule has 3 rings (SSSR count). The normalized spacial score (nSPS) is 15.8. The van der Waals surface area contributed by atoms with Crippen LogP contribution in [0.2, 0.25) is 0 Å². The SMILES string of the molecule is CN=C(NCc1ccnc(OC)c1)NCC(c1cccc(OC)c1)N1CCCC1. The first-order valence-corrected chi connectivity index (χ1v) is 10.0. The lowest BCUT2D eigenvalue weighted by molar-refractivity contribution is 0.245. The topological polar surface area (TPSA) is 71.0 Å². The minimum absolute atomic E-state index is 0.271. The summed E-state index contributed by atoms with van der Waals surface area (Å²) in [5.41, 5.74) is 2.34. The largest absolute Gasteiger partial charge is 0.497 e. The zero-order valence-electron chi connectivity index (χ0n) is 17.5. The summed E-state index contributed by atoms with van der Waals surface area (Å²) in [6.45, 7) is 3.65. The van der Waals surface area contributed by atoms with E-state index < -0.39 is 0 Å². The molecule has 1 atom stereocenters. The van der Waals surface area contributed by atoms with Crippen LogP contribution in [-0.2, 0) is 6.54 Å². The van der Waals surface area contributed by atoms with Gasteiger partial charge in [-0.3, -0.25) is 9.89 Å². The van der Waals surface area contributed by atoms with Crippen LogP contribution in [0.4, 0.5) is 0 Å². The van der Waals surface area contributed by atoms with E-state index in [0.717, 1.165) is 36.9 Å². The lowest BCUT2D eigenvalue weighted by Crippen LogP contribution is -2.42. The fraction of sp³-hybridized carbons (Fsp3) is 0.455. The lowest BCUT2D eigenvalue weighted by Gasteiger charge is -2.29. The van der Waals surface area contributed by atoms with Gasteiger partial charge in [-0.25, -0.2) is 4.98 Å². The van der Waals surface area contributed by atoms with E-state index >= 15 is 0 Å². The molecule has 7 nitrogen and oxygen atoms in total. The second-order valence-electron chi connectivity index (χ2n) is 7.05. The van der Waals surface area contributed by atoms with Crippen LogP contribution >= 0.6 is 0 Å². The van der Waals surface area contributed by atoms with Crippen LogP contribution in [-0.4, -0.2) is 56.7 Å². The van der Waals surface area contributed by atoms with Gasteiger partial charge in [-0.1, -0.05) is 12.1 Å². The van der Waals surface area contributed by atoms with Crippen molar-refractivity contribution in [1.82, 2.24) is 20.5 Å². The highest BCUT2D eigenvalue weighted by atomic mass is 16.5. The zero-order chi connectivity index (χ0) is 20.5. The molecule has 1 fully saturated rings. The second-order valence-corrected chi connectivity index (χ2v) is 7.05. The van der Waals surface area contributed by atoms with Crippen molar-refractivity contribution in [2.45, 2.75) is 25.4 Å². The summed E-state index contributed by atoms with van der Waals surface area (Å²) in [7, 11) is 5.12. The first-order valence-electron chi connectivity index (χ1n) is 10.0. The maximum Gasteiger partial charge on any atom is 0.213 e. The molecule has 1 unspecified atom stereocenters. The van der Waals surface area contributed by atoms with Crippen LogP contribution in [0.25, 0.3) is 0 Å². The summed E-state index contributed by atoms with van der Waals surface area (Å²) in [6, 6.07) is 12.5. The molecule has 0 amide bonds. The molecule has 0 spiro atoms. The average Bonchev–Trinajstić information content (AvgIpc) is 3.31. The van der Waals surface area contributed by atoms with Gasteiger partial charge in [0, 0.05) is 32.4 Å². The monoisotopic (exact) mass is 397 g/mol. The average molecular weight is 398 g/mol. The number of methoxy groups -OCH3 is 2. The highest BCUT2D eigenvalue weighted by Crippen LogP contribution is 2.27. The predicted molar refractivity (Wildman–Crippen MR) is 116 cm³/mol. The molecule has 0 radical (unpaired) electrons. The van der Waals surface area contributed by atoms with Crippen molar-refractivity contribution in [3.63, 3.8) is 0 Å². The Kier molecular flexibility index (Phi) is 7.69. The minimum atomic E-state index is 0.271. The summed E-state index contributed by atoms with van der Waals surface area (Å²) in [6.07, 6.45) is 4.24. The number of nitrogens with one attached hydrogen (secondary N) is 2. The second kappa shape index (κ2) is 10.7. The zero-order valence-corrected chi connectivity index (χ0v) is 17.5. The highest BCUT2D eigenvalue weighted by Gasteiger charge is 2.24. The molecular weight excluding hydrogens is 366 g/mol. The van der Waals surface area contributed by atoms with Crippen molar-refractivity contribution >= 4 is 5.96 Å². The van der Waals surface area contributed by atoms with E-state index in [4.69, 9.17) is 9.47 Å². The number of hydrogen-bond donors (Lipinski definition) is 2. The Labute approximate surface area is 173 Å². The summed E-state index contributed by atoms with van der Waals surface area (Å²) < 4.78 is 10.6. The Balaban J connectivity index is 1.63. The number of pyridine rings is 1. The molecule has 0 bridgehead atoms. The Morgan fingerprint density at radius 2 is 1.97 bits per heavy atom. The van der Waals surface area contributed by atoms with Crippen LogP contribution in [0.1, 0.15) is 30.0 Å². The molecular formula is C22H31N5O2. The first-order chi connectivity index (χ1) is 14.2. The van der Waals surface area contributed by atoms with E-state index in [-0.39, 0.29) is 6.04 Å². The fourth-order valence-corrected chi connectivity index (χ4v) is 3.63. The van der Waals surface area contributed by atoms with Crippen LogP contribution < -0.4 is 20.1 Å². The predicted octanol–water partition coefficient (Wildman–Crippen LogP) is 2.60. The van der Waals surface area contributed by atoms with E-state index in [2.05, 4.69) is 43.7 Å². The van der Waals surface area contributed by atoms with Gasteiger partial charge in [0.25, 0.3) is 0 Å². The summed E-state index contributed by atoms with van der Waals surface area (Å²) in [5, 5.41) is 6.86. The highest BCUT2D eigenvalue weighted by molar-refractivity contribution is 5.79. The van der Waals surface area contributed by atoms with E-state index in [1.807, 2.05) is 18.2 Å². The van der Waals surface area contributed by atoms with Gasteiger partial charge in [0.05, 0.1) is 20.3 Å². The Bertz CT molecular complexity index is 805. The molecule has 1 saturated heterocycles. The summed E-state index contributed by atoms with van der Waals surface area (Å²) in [4.78, 5) is 11.1. The van der Waals surface area contributed by atoms with Crippen molar-refractivity contribution in [1.29, 1.82) is 0 Å². The maximum atomic E-state index is 5.43. The third kappa shape index (κ3) is 5.84. The van der Waals surface area contributed by atoms with Crippen molar-refractivity contribution < 1.29 is 9.47 Å². The maximum absolute atomic E-state index is 5.43. The molecule has 156 valence electrons. The van der Waals surface area contributed by atoms with Crippen LogP contribution in [0.5, 0.6) is 11.6 Å². The van der Waals surface area contributed by atoms with Crippen molar-refractivity contribution in [2.75, 3.05) is 40.9 Å². The van der Waals surface area contributed by atoms with Gasteiger partial charge < -0.3 is 20.1 Å². The third-order valence-corrected chi connectivity index (χ3v) is 5.21. The Hall–Kier alpha value is -2.80. The molecule has 1 aliphatic rings. The molecule has 2 heterocycles. The molecule has 1 aromatic heterocycles. The van der Waals surface area contributed by atoms with E-state index in [1.54, 1.807) is 27.5 Å².